The molecule has 0 aliphatic rings. The quantitative estimate of drug-likeness (QED) is 0.253. The van der Waals surface area contributed by atoms with Crippen LogP contribution < -0.4 is 10.6 Å². The van der Waals surface area contributed by atoms with Crippen LogP contribution in [0.5, 0.6) is 0 Å². The molecular weight excluding hydrogens is 232 g/mol. The van der Waals surface area contributed by atoms with Crippen molar-refractivity contribution in [1.82, 2.24) is 10.6 Å². The van der Waals surface area contributed by atoms with Crippen molar-refractivity contribution in [2.75, 3.05) is 27.3 Å². The monoisotopic (exact) mass is 256 g/mol. The van der Waals surface area contributed by atoms with Gasteiger partial charge in [-0.15, -0.1) is 0 Å². The molecule has 1 unspecified atom stereocenters. The van der Waals surface area contributed by atoms with Crippen LogP contribution in [0.4, 0.5) is 0 Å². The smallest absolute Gasteiger partial charge is 0.141 e. The van der Waals surface area contributed by atoms with Gasteiger partial charge in [0.2, 0.25) is 0 Å². The lowest BCUT2D eigenvalue weighted by Gasteiger charge is -2.09. The van der Waals surface area contributed by atoms with Crippen molar-refractivity contribution in [3.05, 3.63) is 12.4 Å². The molecular formula is C12H24N4O2. The molecule has 0 saturated carbocycles. The highest BCUT2D eigenvalue weighted by Crippen LogP contribution is 2.01. The Morgan fingerprint density at radius 2 is 2.17 bits per heavy atom. The van der Waals surface area contributed by atoms with Crippen LogP contribution in [-0.4, -0.2) is 50.7 Å². The average Bonchev–Trinajstić information content (AvgIpc) is 2.33. The predicted molar refractivity (Wildman–Crippen MR) is 74.9 cm³/mol. The molecule has 0 aliphatic heterocycles. The van der Waals surface area contributed by atoms with Gasteiger partial charge in [0, 0.05) is 25.8 Å². The summed E-state index contributed by atoms with van der Waals surface area (Å²) in [6, 6.07) is 0. The van der Waals surface area contributed by atoms with Gasteiger partial charge in [0.1, 0.15) is 17.9 Å². The van der Waals surface area contributed by atoms with Gasteiger partial charge in [-0.3, -0.25) is 5.32 Å². The van der Waals surface area contributed by atoms with E-state index in [4.69, 9.17) is 4.74 Å². The number of methoxy groups -OCH3 is 1. The number of aliphatic imine (C=N–C) groups is 2. The molecule has 18 heavy (non-hydrogen) atoms. The number of aliphatic hydroxyl groups excluding tert-OH is 1. The standard InChI is InChI=1S/C12H24N4O2/c1-9(2)12(15-8-11(17)13-4)16-10(3)14-6-7-18-5/h8-9,11,13-14,17H,3,6-7H2,1-2,4-5H3/b15-8+,16-12-. The van der Waals surface area contributed by atoms with Crippen molar-refractivity contribution in [3.63, 3.8) is 0 Å². The molecule has 0 aliphatic carbocycles. The van der Waals surface area contributed by atoms with E-state index in [1.807, 2.05) is 13.8 Å². The molecule has 6 heteroatoms. The fourth-order valence-corrected chi connectivity index (χ4v) is 1.00. The topological polar surface area (TPSA) is 78.2 Å². The molecule has 0 saturated heterocycles. The number of hydrogen-bond donors (Lipinski definition) is 3. The summed E-state index contributed by atoms with van der Waals surface area (Å²) in [7, 11) is 3.28. The summed E-state index contributed by atoms with van der Waals surface area (Å²) in [6.07, 6.45) is 0.630. The van der Waals surface area contributed by atoms with Crippen molar-refractivity contribution in [3.8, 4) is 0 Å². The van der Waals surface area contributed by atoms with E-state index in [9.17, 15) is 5.11 Å². The number of aliphatic hydroxyl groups is 1. The molecule has 104 valence electrons. The van der Waals surface area contributed by atoms with E-state index in [0.717, 1.165) is 0 Å². The third kappa shape index (κ3) is 7.94. The second-order valence-electron chi connectivity index (χ2n) is 4.00. The Morgan fingerprint density at radius 3 is 2.67 bits per heavy atom. The third-order valence-electron chi connectivity index (χ3n) is 2.04. The summed E-state index contributed by atoms with van der Waals surface area (Å²) < 4.78 is 4.92. The number of ether oxygens (including phenoxy) is 1. The largest absolute Gasteiger partial charge is 0.383 e. The zero-order chi connectivity index (χ0) is 14.0. The molecule has 1 atom stereocenters. The molecule has 0 aromatic heterocycles. The van der Waals surface area contributed by atoms with Crippen molar-refractivity contribution >= 4 is 12.1 Å². The molecule has 0 spiro atoms. The van der Waals surface area contributed by atoms with Crippen LogP contribution in [-0.2, 0) is 4.74 Å². The second kappa shape index (κ2) is 9.76. The molecule has 0 heterocycles. The van der Waals surface area contributed by atoms with Gasteiger partial charge in [-0.25, -0.2) is 9.98 Å². The van der Waals surface area contributed by atoms with E-state index < -0.39 is 6.23 Å². The first-order chi connectivity index (χ1) is 8.51. The second-order valence-corrected chi connectivity index (χ2v) is 4.00. The van der Waals surface area contributed by atoms with E-state index in [-0.39, 0.29) is 5.92 Å². The molecule has 0 fully saturated rings. The van der Waals surface area contributed by atoms with Crippen LogP contribution in [0, 0.1) is 5.92 Å². The Morgan fingerprint density at radius 1 is 1.50 bits per heavy atom. The van der Waals surface area contributed by atoms with Crippen molar-refractivity contribution in [1.29, 1.82) is 0 Å². The number of rotatable bonds is 8. The first-order valence-electron chi connectivity index (χ1n) is 5.91. The van der Waals surface area contributed by atoms with Crippen LogP contribution in [0.15, 0.2) is 22.4 Å². The highest BCUT2D eigenvalue weighted by atomic mass is 16.5. The molecule has 0 rings (SSSR count). The fourth-order valence-electron chi connectivity index (χ4n) is 1.00. The predicted octanol–water partition coefficient (Wildman–Crippen LogP) is 0.357. The van der Waals surface area contributed by atoms with Gasteiger partial charge in [0.05, 0.1) is 6.61 Å². The van der Waals surface area contributed by atoms with Crippen molar-refractivity contribution in [2.45, 2.75) is 20.1 Å². The van der Waals surface area contributed by atoms with Crippen LogP contribution in [0.3, 0.4) is 0 Å². The Kier molecular flexibility index (Phi) is 9.08. The van der Waals surface area contributed by atoms with E-state index in [0.29, 0.717) is 24.8 Å². The van der Waals surface area contributed by atoms with Crippen LogP contribution in [0.2, 0.25) is 0 Å². The summed E-state index contributed by atoms with van der Waals surface area (Å²) in [6.45, 7) is 8.98. The Balaban J connectivity index is 4.48. The normalized spacial score (nSPS) is 14.2. The Bertz CT molecular complexity index is 300. The number of hydrogen-bond acceptors (Lipinski definition) is 5. The molecule has 0 radical (unpaired) electrons. The maximum atomic E-state index is 9.33. The summed E-state index contributed by atoms with van der Waals surface area (Å²) in [4.78, 5) is 8.42. The highest BCUT2D eigenvalue weighted by Gasteiger charge is 2.04. The summed E-state index contributed by atoms with van der Waals surface area (Å²) in [5.74, 6) is 1.29. The highest BCUT2D eigenvalue weighted by molar-refractivity contribution is 5.92. The van der Waals surface area contributed by atoms with Gasteiger partial charge in [-0.1, -0.05) is 20.4 Å². The summed E-state index contributed by atoms with van der Waals surface area (Å²) >= 11 is 0. The first-order valence-corrected chi connectivity index (χ1v) is 5.91. The number of nitrogens with zero attached hydrogens (tertiary/aromatic N) is 2. The maximum Gasteiger partial charge on any atom is 0.141 e. The SMILES string of the molecule is C=C(/N=C(\N=C\C(O)NC)C(C)C)NCCOC. The third-order valence-corrected chi connectivity index (χ3v) is 2.04. The maximum absolute atomic E-state index is 9.33. The zero-order valence-corrected chi connectivity index (χ0v) is 11.6. The minimum absolute atomic E-state index is 0.145. The molecule has 0 amide bonds. The Hall–Kier alpha value is -1.24. The van der Waals surface area contributed by atoms with E-state index >= 15 is 0 Å². The minimum atomic E-state index is -0.774. The molecule has 0 aromatic rings. The lowest BCUT2D eigenvalue weighted by atomic mass is 10.2. The molecule has 3 N–H and O–H groups in total. The zero-order valence-electron chi connectivity index (χ0n) is 11.6. The van der Waals surface area contributed by atoms with E-state index in [2.05, 4.69) is 27.2 Å². The fraction of sp³-hybridized carbons (Fsp3) is 0.667. The van der Waals surface area contributed by atoms with Gasteiger partial charge in [-0.05, 0) is 7.05 Å². The number of nitrogens with one attached hydrogen (secondary N) is 2. The van der Waals surface area contributed by atoms with E-state index in [1.165, 1.54) is 6.21 Å². The van der Waals surface area contributed by atoms with Gasteiger partial charge >= 0.3 is 0 Å². The molecule has 0 bridgehead atoms. The molecule has 6 nitrogen and oxygen atoms in total. The first kappa shape index (κ1) is 16.8. The molecule has 0 aromatic carbocycles. The summed E-state index contributed by atoms with van der Waals surface area (Å²) in [5.41, 5.74) is 0. The van der Waals surface area contributed by atoms with Gasteiger partial charge in [0.25, 0.3) is 0 Å². The van der Waals surface area contributed by atoms with Crippen LogP contribution in [0.25, 0.3) is 0 Å². The minimum Gasteiger partial charge on any atom is -0.383 e. The van der Waals surface area contributed by atoms with E-state index in [1.54, 1.807) is 14.2 Å². The van der Waals surface area contributed by atoms with Gasteiger partial charge in [0.15, 0.2) is 0 Å². The van der Waals surface area contributed by atoms with Crippen LogP contribution in [0.1, 0.15) is 13.8 Å². The number of amidine groups is 1. The van der Waals surface area contributed by atoms with Crippen molar-refractivity contribution < 1.29 is 9.84 Å². The summed E-state index contributed by atoms with van der Waals surface area (Å²) in [5, 5.41) is 15.0. The van der Waals surface area contributed by atoms with Crippen molar-refractivity contribution in [2.24, 2.45) is 15.9 Å². The lowest BCUT2D eigenvalue weighted by Crippen LogP contribution is -2.26. The van der Waals surface area contributed by atoms with Gasteiger partial charge in [-0.2, -0.15) is 0 Å². The van der Waals surface area contributed by atoms with Crippen LogP contribution >= 0.6 is 0 Å². The van der Waals surface area contributed by atoms with Gasteiger partial charge < -0.3 is 15.2 Å². The average molecular weight is 256 g/mol. The lowest BCUT2D eigenvalue weighted by molar-refractivity contribution is 0.202. The Labute approximate surface area is 109 Å².